The van der Waals surface area contributed by atoms with Gasteiger partial charge in [0.15, 0.2) is 0 Å². The van der Waals surface area contributed by atoms with Gasteiger partial charge in [0, 0.05) is 12.0 Å². The van der Waals surface area contributed by atoms with E-state index in [0.29, 0.717) is 5.92 Å². The Kier molecular flexibility index (Phi) is 3.80. The van der Waals surface area contributed by atoms with Gasteiger partial charge in [0.1, 0.15) is 5.75 Å². The summed E-state index contributed by atoms with van der Waals surface area (Å²) in [7, 11) is 1.70. The molecule has 3 nitrogen and oxygen atoms in total. The maximum Gasteiger partial charge on any atom is 0.122 e. The maximum absolute atomic E-state index is 9.38. The third-order valence-electron chi connectivity index (χ3n) is 3.32. The Bertz CT molecular complexity index is 340. The molecule has 16 heavy (non-hydrogen) atoms. The second-order valence-electron chi connectivity index (χ2n) is 4.23. The molecule has 3 heteroatoms. The van der Waals surface area contributed by atoms with Crippen molar-refractivity contribution >= 4 is 0 Å². The van der Waals surface area contributed by atoms with Crippen molar-refractivity contribution < 1.29 is 9.84 Å². The van der Waals surface area contributed by atoms with Gasteiger partial charge >= 0.3 is 0 Å². The van der Waals surface area contributed by atoms with Crippen LogP contribution in [0.1, 0.15) is 24.3 Å². The van der Waals surface area contributed by atoms with Crippen molar-refractivity contribution in [2.45, 2.75) is 24.8 Å². The Hall–Kier alpha value is -1.06. The van der Waals surface area contributed by atoms with Crippen molar-refractivity contribution in [3.8, 4) is 5.75 Å². The molecule has 1 fully saturated rings. The van der Waals surface area contributed by atoms with E-state index in [1.165, 1.54) is 5.56 Å². The van der Waals surface area contributed by atoms with Gasteiger partial charge in [0.05, 0.1) is 13.7 Å². The lowest BCUT2D eigenvalue weighted by atomic mass is 9.84. The molecule has 1 aliphatic rings. The molecule has 2 rings (SSSR count). The van der Waals surface area contributed by atoms with Gasteiger partial charge in [-0.15, -0.1) is 0 Å². The van der Waals surface area contributed by atoms with Crippen LogP contribution in [0.3, 0.4) is 0 Å². The average molecular weight is 221 g/mol. The maximum atomic E-state index is 9.38. The van der Waals surface area contributed by atoms with Gasteiger partial charge in [-0.1, -0.05) is 18.2 Å². The van der Waals surface area contributed by atoms with Crippen molar-refractivity contribution in [1.29, 1.82) is 0 Å². The van der Waals surface area contributed by atoms with E-state index in [4.69, 9.17) is 4.74 Å². The van der Waals surface area contributed by atoms with Crippen LogP contribution in [0.25, 0.3) is 0 Å². The van der Waals surface area contributed by atoms with Gasteiger partial charge in [0.25, 0.3) is 0 Å². The number of para-hydroxylation sites is 1. The number of methoxy groups -OCH3 is 1. The Morgan fingerprint density at radius 3 is 3.00 bits per heavy atom. The molecule has 1 heterocycles. The molecule has 1 aromatic rings. The predicted molar refractivity (Wildman–Crippen MR) is 63.8 cm³/mol. The molecule has 1 saturated heterocycles. The van der Waals surface area contributed by atoms with Crippen LogP contribution >= 0.6 is 0 Å². The first-order valence-electron chi connectivity index (χ1n) is 5.84. The van der Waals surface area contributed by atoms with E-state index in [2.05, 4.69) is 11.4 Å². The first kappa shape index (κ1) is 11.4. The van der Waals surface area contributed by atoms with Crippen molar-refractivity contribution in [3.05, 3.63) is 29.8 Å². The monoisotopic (exact) mass is 221 g/mol. The lowest BCUT2D eigenvalue weighted by Crippen LogP contribution is -2.42. The summed E-state index contributed by atoms with van der Waals surface area (Å²) >= 11 is 0. The van der Waals surface area contributed by atoms with Crippen LogP contribution in [0, 0.1) is 0 Å². The van der Waals surface area contributed by atoms with Gasteiger partial charge in [-0.05, 0) is 31.0 Å². The zero-order valence-electron chi connectivity index (χ0n) is 9.65. The number of rotatable bonds is 3. The summed E-state index contributed by atoms with van der Waals surface area (Å²) in [5, 5.41) is 12.7. The molecule has 0 amide bonds. The van der Waals surface area contributed by atoms with E-state index in [9.17, 15) is 5.11 Å². The fraction of sp³-hybridized carbons (Fsp3) is 0.538. The Morgan fingerprint density at radius 1 is 1.44 bits per heavy atom. The van der Waals surface area contributed by atoms with E-state index in [1.807, 2.05) is 18.2 Å². The predicted octanol–water partition coefficient (Wildman–Crippen LogP) is 1.52. The third kappa shape index (κ3) is 2.20. The highest BCUT2D eigenvalue weighted by Gasteiger charge is 2.27. The SMILES string of the molecule is COc1ccccc1C1CCCNC1CO. The van der Waals surface area contributed by atoms with Crippen LogP contribution in [-0.4, -0.2) is 31.4 Å². The average Bonchev–Trinajstić information content (AvgIpc) is 2.38. The van der Waals surface area contributed by atoms with Crippen molar-refractivity contribution in [2.24, 2.45) is 0 Å². The van der Waals surface area contributed by atoms with Crippen molar-refractivity contribution in [3.63, 3.8) is 0 Å². The van der Waals surface area contributed by atoms with Crippen LogP contribution < -0.4 is 10.1 Å². The summed E-state index contributed by atoms with van der Waals surface area (Å²) in [6.07, 6.45) is 2.26. The summed E-state index contributed by atoms with van der Waals surface area (Å²) in [5.74, 6) is 1.28. The molecule has 0 saturated carbocycles. The molecular formula is C13H19NO2. The minimum absolute atomic E-state index is 0.157. The van der Waals surface area contributed by atoms with E-state index < -0.39 is 0 Å². The summed E-state index contributed by atoms with van der Waals surface area (Å²) in [6.45, 7) is 1.18. The Labute approximate surface area is 96.4 Å². The quantitative estimate of drug-likeness (QED) is 0.813. The summed E-state index contributed by atoms with van der Waals surface area (Å²) in [5.41, 5.74) is 1.20. The van der Waals surface area contributed by atoms with Gasteiger partial charge in [0.2, 0.25) is 0 Å². The molecule has 0 aromatic heterocycles. The molecule has 0 radical (unpaired) electrons. The van der Waals surface area contributed by atoms with Crippen LogP contribution in [0.4, 0.5) is 0 Å². The number of aliphatic hydroxyl groups excluding tert-OH is 1. The molecule has 0 spiro atoms. The van der Waals surface area contributed by atoms with Crippen LogP contribution in [0.5, 0.6) is 5.75 Å². The molecule has 0 aliphatic carbocycles. The fourth-order valence-corrected chi connectivity index (χ4v) is 2.49. The largest absolute Gasteiger partial charge is 0.496 e. The number of hydrogen-bond donors (Lipinski definition) is 2. The van der Waals surface area contributed by atoms with Gasteiger partial charge in [-0.25, -0.2) is 0 Å². The van der Waals surface area contributed by atoms with Crippen LogP contribution in [0.2, 0.25) is 0 Å². The van der Waals surface area contributed by atoms with E-state index in [0.717, 1.165) is 25.1 Å². The zero-order chi connectivity index (χ0) is 11.4. The van der Waals surface area contributed by atoms with Crippen molar-refractivity contribution in [2.75, 3.05) is 20.3 Å². The number of aliphatic hydroxyl groups is 1. The Balaban J connectivity index is 2.26. The number of piperidine rings is 1. The molecule has 88 valence electrons. The lowest BCUT2D eigenvalue weighted by molar-refractivity contribution is 0.200. The number of nitrogens with one attached hydrogen (secondary N) is 1. The number of ether oxygens (including phenoxy) is 1. The smallest absolute Gasteiger partial charge is 0.122 e. The molecule has 1 aromatic carbocycles. The summed E-state index contributed by atoms with van der Waals surface area (Å²) in [4.78, 5) is 0. The minimum Gasteiger partial charge on any atom is -0.496 e. The highest BCUT2D eigenvalue weighted by atomic mass is 16.5. The topological polar surface area (TPSA) is 41.5 Å². The van der Waals surface area contributed by atoms with Gasteiger partial charge < -0.3 is 15.2 Å². The van der Waals surface area contributed by atoms with Crippen LogP contribution in [0.15, 0.2) is 24.3 Å². The second-order valence-corrected chi connectivity index (χ2v) is 4.23. The highest BCUT2D eigenvalue weighted by Crippen LogP contribution is 2.33. The molecule has 0 bridgehead atoms. The lowest BCUT2D eigenvalue weighted by Gasteiger charge is -2.32. The molecular weight excluding hydrogens is 202 g/mol. The molecule has 1 aliphatic heterocycles. The fourth-order valence-electron chi connectivity index (χ4n) is 2.49. The van der Waals surface area contributed by atoms with E-state index in [-0.39, 0.29) is 12.6 Å². The molecule has 2 N–H and O–H groups in total. The molecule has 2 unspecified atom stereocenters. The normalized spacial score (nSPS) is 25.4. The van der Waals surface area contributed by atoms with Gasteiger partial charge in [-0.2, -0.15) is 0 Å². The Morgan fingerprint density at radius 2 is 2.25 bits per heavy atom. The van der Waals surface area contributed by atoms with E-state index in [1.54, 1.807) is 7.11 Å². The third-order valence-corrected chi connectivity index (χ3v) is 3.32. The first-order chi connectivity index (χ1) is 7.86. The zero-order valence-corrected chi connectivity index (χ0v) is 9.65. The van der Waals surface area contributed by atoms with Crippen molar-refractivity contribution in [1.82, 2.24) is 5.32 Å². The number of benzene rings is 1. The molecule has 2 atom stereocenters. The minimum atomic E-state index is 0.157. The van der Waals surface area contributed by atoms with E-state index >= 15 is 0 Å². The first-order valence-corrected chi connectivity index (χ1v) is 5.84. The standard InChI is InChI=1S/C13H19NO2/c1-16-13-7-3-2-5-11(13)10-6-4-8-14-12(10)9-15/h2-3,5,7,10,12,14-15H,4,6,8-9H2,1H3. The summed E-state index contributed by atoms with van der Waals surface area (Å²) in [6, 6.07) is 8.25. The van der Waals surface area contributed by atoms with Gasteiger partial charge in [-0.3, -0.25) is 0 Å². The van der Waals surface area contributed by atoms with Crippen LogP contribution in [-0.2, 0) is 0 Å². The number of hydrogen-bond acceptors (Lipinski definition) is 3. The second kappa shape index (κ2) is 5.32. The highest BCUT2D eigenvalue weighted by molar-refractivity contribution is 5.37. The summed E-state index contributed by atoms with van der Waals surface area (Å²) < 4.78 is 5.38.